The van der Waals surface area contributed by atoms with Crippen molar-refractivity contribution in [1.29, 1.82) is 0 Å². The van der Waals surface area contributed by atoms with Crippen molar-refractivity contribution in [2.24, 2.45) is 11.8 Å². The highest BCUT2D eigenvalue weighted by Crippen LogP contribution is 2.28. The third-order valence-corrected chi connectivity index (χ3v) is 8.69. The van der Waals surface area contributed by atoms with Gasteiger partial charge in [0.1, 0.15) is 12.1 Å². The molecule has 3 heterocycles. The van der Waals surface area contributed by atoms with Crippen molar-refractivity contribution >= 4 is 26.9 Å². The first kappa shape index (κ1) is 23.5. The molecule has 35 heavy (non-hydrogen) atoms. The Hall–Kier alpha value is -3.23. The van der Waals surface area contributed by atoms with Crippen LogP contribution in [-0.4, -0.2) is 46.9 Å². The molecule has 1 N–H and O–H groups in total. The lowest BCUT2D eigenvalue weighted by Crippen LogP contribution is -2.41. The van der Waals surface area contributed by atoms with Crippen LogP contribution in [0.4, 0.5) is 5.82 Å². The molecule has 0 aliphatic carbocycles. The van der Waals surface area contributed by atoms with Gasteiger partial charge in [0.15, 0.2) is 5.65 Å². The van der Waals surface area contributed by atoms with Crippen LogP contribution in [-0.2, 0) is 16.6 Å². The van der Waals surface area contributed by atoms with Crippen LogP contribution in [0.5, 0.6) is 0 Å². The zero-order valence-electron chi connectivity index (χ0n) is 20.1. The summed E-state index contributed by atoms with van der Waals surface area (Å²) >= 11 is 0. The van der Waals surface area contributed by atoms with E-state index in [1.807, 2.05) is 6.92 Å². The zero-order chi connectivity index (χ0) is 24.4. The molecule has 4 aromatic rings. The fourth-order valence-corrected chi connectivity index (χ4v) is 6.09. The molecule has 0 unspecified atom stereocenters. The van der Waals surface area contributed by atoms with Crippen LogP contribution in [0, 0.1) is 18.8 Å². The Morgan fingerprint density at radius 1 is 1.03 bits per heavy atom. The van der Waals surface area contributed by atoms with Gasteiger partial charge in [0, 0.05) is 25.8 Å². The second-order valence-electron chi connectivity index (χ2n) is 9.52. The molecule has 1 aliphatic rings. The van der Waals surface area contributed by atoms with E-state index in [0.29, 0.717) is 28.7 Å². The molecule has 0 bridgehead atoms. The molecular weight excluding hydrogens is 458 g/mol. The number of nitrogens with one attached hydrogen (secondary N) is 1. The van der Waals surface area contributed by atoms with Crippen LogP contribution >= 0.6 is 0 Å². The topological polar surface area (TPSA) is 80.1 Å². The van der Waals surface area contributed by atoms with Crippen LogP contribution in [0.2, 0.25) is 0 Å². The number of piperidine rings is 1. The minimum absolute atomic E-state index is 0.239. The summed E-state index contributed by atoms with van der Waals surface area (Å²) in [4.78, 5) is 11.5. The molecule has 0 amide bonds. The van der Waals surface area contributed by atoms with E-state index in [-0.39, 0.29) is 4.90 Å². The minimum Gasteiger partial charge on any atom is -0.369 e. The van der Waals surface area contributed by atoms with Gasteiger partial charge in [0.25, 0.3) is 10.0 Å². The number of anilines is 1. The van der Waals surface area contributed by atoms with Gasteiger partial charge in [-0.15, -0.1) is 0 Å². The second kappa shape index (κ2) is 9.79. The largest absolute Gasteiger partial charge is 0.369 e. The molecule has 2 aromatic carbocycles. The fourth-order valence-electron chi connectivity index (χ4n) is 4.79. The summed E-state index contributed by atoms with van der Waals surface area (Å²) in [5.74, 6) is 1.73. The molecule has 1 fully saturated rings. The number of benzene rings is 2. The van der Waals surface area contributed by atoms with Crippen LogP contribution in [0.3, 0.4) is 0 Å². The van der Waals surface area contributed by atoms with Gasteiger partial charge in [-0.05, 0) is 55.5 Å². The Labute approximate surface area is 206 Å². The second-order valence-corrected chi connectivity index (χ2v) is 11.3. The summed E-state index contributed by atoms with van der Waals surface area (Å²) in [6.45, 7) is 8.09. The lowest BCUT2D eigenvalue weighted by atomic mass is 9.86. The lowest BCUT2D eigenvalue weighted by molar-refractivity contribution is 0.128. The summed E-state index contributed by atoms with van der Waals surface area (Å²) < 4.78 is 27.7. The summed E-state index contributed by atoms with van der Waals surface area (Å²) in [6.07, 6.45) is 4.14. The quantitative estimate of drug-likeness (QED) is 0.410. The van der Waals surface area contributed by atoms with Gasteiger partial charge in [0.2, 0.25) is 0 Å². The Balaban J connectivity index is 1.33. The average molecular weight is 490 g/mol. The maximum Gasteiger partial charge on any atom is 0.269 e. The van der Waals surface area contributed by atoms with E-state index >= 15 is 0 Å². The highest BCUT2D eigenvalue weighted by atomic mass is 32.2. The van der Waals surface area contributed by atoms with E-state index in [0.717, 1.165) is 38.2 Å². The third kappa shape index (κ3) is 4.94. The van der Waals surface area contributed by atoms with Crippen molar-refractivity contribution in [2.45, 2.75) is 31.7 Å². The SMILES string of the molecule is Cc1ccc(S(=O)(=O)n2ccc3c(NC[C@@H]4CN(Cc5ccccc5)CC[C@H]4C)ncnc32)cc1. The molecule has 0 spiro atoms. The minimum atomic E-state index is -3.75. The Morgan fingerprint density at radius 3 is 2.57 bits per heavy atom. The number of hydrogen-bond acceptors (Lipinski definition) is 6. The molecular formula is C27H31N5O2S. The van der Waals surface area contributed by atoms with E-state index in [1.54, 1.807) is 36.5 Å². The first-order valence-electron chi connectivity index (χ1n) is 12.1. The fraction of sp³-hybridized carbons (Fsp3) is 0.333. The molecule has 0 saturated carbocycles. The van der Waals surface area contributed by atoms with Crippen LogP contribution in [0.15, 0.2) is 78.1 Å². The maximum atomic E-state index is 13.2. The van der Waals surface area contributed by atoms with Crippen LogP contribution in [0.1, 0.15) is 24.5 Å². The normalized spacial score (nSPS) is 19.1. The number of hydrogen-bond donors (Lipinski definition) is 1. The van der Waals surface area contributed by atoms with E-state index in [2.05, 4.69) is 57.4 Å². The summed E-state index contributed by atoms with van der Waals surface area (Å²) in [7, 11) is -3.75. The summed E-state index contributed by atoms with van der Waals surface area (Å²) in [5.41, 5.74) is 2.72. The Bertz CT molecular complexity index is 1400. The van der Waals surface area contributed by atoms with Gasteiger partial charge in [-0.3, -0.25) is 4.90 Å². The Morgan fingerprint density at radius 2 is 1.80 bits per heavy atom. The molecule has 8 heteroatoms. The standard InChI is InChI=1S/C27H31N5O2S/c1-20-8-10-24(11-9-20)35(33,34)32-15-13-25-26(29-19-30-27(25)32)28-16-23-18-31(14-12-21(23)2)17-22-6-4-3-5-7-22/h3-11,13,15,19,21,23H,12,14,16-18H2,1-2H3,(H,28,29,30)/t21-,23-/m1/s1. The molecule has 182 valence electrons. The number of rotatable bonds is 7. The van der Waals surface area contributed by atoms with Crippen molar-refractivity contribution < 1.29 is 8.42 Å². The molecule has 1 saturated heterocycles. The molecule has 5 rings (SSSR count). The predicted molar refractivity (Wildman–Crippen MR) is 139 cm³/mol. The van der Waals surface area contributed by atoms with E-state index in [9.17, 15) is 8.42 Å². The van der Waals surface area contributed by atoms with Crippen molar-refractivity contribution in [3.63, 3.8) is 0 Å². The molecule has 2 aromatic heterocycles. The van der Waals surface area contributed by atoms with Gasteiger partial charge >= 0.3 is 0 Å². The van der Waals surface area contributed by atoms with Crippen LogP contribution in [0.25, 0.3) is 11.0 Å². The number of likely N-dealkylation sites (tertiary alicyclic amines) is 1. The first-order valence-corrected chi connectivity index (χ1v) is 13.5. The van der Waals surface area contributed by atoms with Gasteiger partial charge in [-0.25, -0.2) is 22.4 Å². The first-order chi connectivity index (χ1) is 16.9. The van der Waals surface area contributed by atoms with Crippen molar-refractivity contribution in [3.05, 3.63) is 84.3 Å². The van der Waals surface area contributed by atoms with Crippen molar-refractivity contribution in [2.75, 3.05) is 25.0 Å². The molecule has 1 aliphatic heterocycles. The Kier molecular flexibility index (Phi) is 6.58. The third-order valence-electron chi connectivity index (χ3n) is 7.00. The highest BCUT2D eigenvalue weighted by Gasteiger charge is 2.27. The van der Waals surface area contributed by atoms with E-state index in [1.165, 1.54) is 15.9 Å². The number of aromatic nitrogens is 3. The highest BCUT2D eigenvalue weighted by molar-refractivity contribution is 7.90. The smallest absolute Gasteiger partial charge is 0.269 e. The van der Waals surface area contributed by atoms with Crippen molar-refractivity contribution in [1.82, 2.24) is 18.8 Å². The van der Waals surface area contributed by atoms with Gasteiger partial charge in [-0.2, -0.15) is 0 Å². The summed E-state index contributed by atoms with van der Waals surface area (Å²) in [6, 6.07) is 19.2. The monoisotopic (exact) mass is 489 g/mol. The van der Waals surface area contributed by atoms with E-state index < -0.39 is 10.0 Å². The van der Waals surface area contributed by atoms with Gasteiger partial charge < -0.3 is 5.32 Å². The zero-order valence-corrected chi connectivity index (χ0v) is 20.9. The molecule has 2 atom stereocenters. The van der Waals surface area contributed by atoms with Crippen molar-refractivity contribution in [3.8, 4) is 0 Å². The number of fused-ring (bicyclic) bond motifs is 1. The van der Waals surface area contributed by atoms with Gasteiger partial charge in [-0.1, -0.05) is 55.0 Å². The lowest BCUT2D eigenvalue weighted by Gasteiger charge is -2.37. The number of nitrogens with zero attached hydrogens (tertiary/aromatic N) is 4. The van der Waals surface area contributed by atoms with E-state index in [4.69, 9.17) is 0 Å². The average Bonchev–Trinajstić information content (AvgIpc) is 3.31. The number of aryl methyl sites for hydroxylation is 1. The molecule has 7 nitrogen and oxygen atoms in total. The predicted octanol–water partition coefficient (Wildman–Crippen LogP) is 4.55. The van der Waals surface area contributed by atoms with Crippen LogP contribution < -0.4 is 5.32 Å². The maximum absolute atomic E-state index is 13.2. The van der Waals surface area contributed by atoms with Gasteiger partial charge in [0.05, 0.1) is 10.3 Å². The summed E-state index contributed by atoms with van der Waals surface area (Å²) in [5, 5.41) is 4.20. The molecule has 0 radical (unpaired) electrons.